The molecular formula is C19H16ClF5N4O3. The van der Waals surface area contributed by atoms with Crippen molar-refractivity contribution in [3.05, 3.63) is 58.2 Å². The van der Waals surface area contributed by atoms with Crippen molar-refractivity contribution in [3.63, 3.8) is 0 Å². The van der Waals surface area contributed by atoms with Crippen molar-refractivity contribution in [2.45, 2.75) is 25.4 Å². The molecule has 0 saturated carbocycles. The summed E-state index contributed by atoms with van der Waals surface area (Å²) in [6.07, 6.45) is -4.03. The van der Waals surface area contributed by atoms with E-state index in [4.69, 9.17) is 11.6 Å². The Morgan fingerprint density at radius 1 is 1.31 bits per heavy atom. The quantitative estimate of drug-likeness (QED) is 0.520. The predicted molar refractivity (Wildman–Crippen MR) is 102 cm³/mol. The van der Waals surface area contributed by atoms with Crippen LogP contribution in [-0.4, -0.2) is 47.3 Å². The van der Waals surface area contributed by atoms with Crippen molar-refractivity contribution in [2.24, 2.45) is 0 Å². The molecule has 0 unspecified atom stereocenters. The highest BCUT2D eigenvalue weighted by Crippen LogP contribution is 2.31. The molecule has 1 aromatic carbocycles. The molecule has 3 amide bonds. The van der Waals surface area contributed by atoms with E-state index in [1.165, 1.54) is 11.8 Å². The lowest BCUT2D eigenvalue weighted by molar-refractivity contribution is -0.276. The fraction of sp³-hybridized carbons (Fsp3) is 0.316. The lowest BCUT2D eigenvalue weighted by Gasteiger charge is -2.34. The zero-order chi connectivity index (χ0) is 23.6. The van der Waals surface area contributed by atoms with Gasteiger partial charge in [0.05, 0.1) is 6.04 Å². The van der Waals surface area contributed by atoms with Gasteiger partial charge in [-0.3, -0.25) is 4.79 Å². The molecule has 2 heterocycles. The number of rotatable bonds is 4. The predicted octanol–water partition coefficient (Wildman–Crippen LogP) is 3.53. The van der Waals surface area contributed by atoms with E-state index in [1.807, 2.05) is 0 Å². The van der Waals surface area contributed by atoms with Crippen LogP contribution in [-0.2, 0) is 4.79 Å². The number of carbonyl (C=O) groups excluding carboxylic acids is 2. The van der Waals surface area contributed by atoms with Gasteiger partial charge in [-0.25, -0.2) is 18.6 Å². The van der Waals surface area contributed by atoms with Gasteiger partial charge in [0.15, 0.2) is 0 Å². The number of piperazine rings is 1. The second-order valence-electron chi connectivity index (χ2n) is 6.79. The van der Waals surface area contributed by atoms with Crippen molar-refractivity contribution in [1.82, 2.24) is 20.5 Å². The number of alkyl halides is 3. The molecule has 7 nitrogen and oxygen atoms in total. The molecule has 1 aliphatic heterocycles. The molecule has 2 atom stereocenters. The molecule has 2 N–H and O–H groups in total. The van der Waals surface area contributed by atoms with Gasteiger partial charge in [-0.15, -0.1) is 13.2 Å². The van der Waals surface area contributed by atoms with Gasteiger partial charge >= 0.3 is 12.4 Å². The first-order chi connectivity index (χ1) is 15.0. The molecule has 32 heavy (non-hydrogen) atoms. The van der Waals surface area contributed by atoms with Crippen LogP contribution in [0.3, 0.4) is 0 Å². The van der Waals surface area contributed by atoms with E-state index in [9.17, 15) is 31.5 Å². The monoisotopic (exact) mass is 478 g/mol. The van der Waals surface area contributed by atoms with E-state index in [0.29, 0.717) is 0 Å². The first-order valence-electron chi connectivity index (χ1n) is 9.18. The minimum Gasteiger partial charge on any atom is -0.388 e. The van der Waals surface area contributed by atoms with Gasteiger partial charge in [0.2, 0.25) is 11.8 Å². The largest absolute Gasteiger partial charge is 0.574 e. The number of nitrogens with one attached hydrogen (secondary N) is 2. The van der Waals surface area contributed by atoms with Gasteiger partial charge in [-0.2, -0.15) is 0 Å². The van der Waals surface area contributed by atoms with Gasteiger partial charge < -0.3 is 20.3 Å². The molecule has 13 heteroatoms. The average Bonchev–Trinajstić information content (AvgIpc) is 2.72. The Bertz CT molecular complexity index is 1020. The number of amides is 3. The van der Waals surface area contributed by atoms with Gasteiger partial charge in [-0.1, -0.05) is 17.7 Å². The third kappa shape index (κ3) is 5.18. The highest BCUT2D eigenvalue weighted by atomic mass is 35.5. The van der Waals surface area contributed by atoms with E-state index in [0.717, 1.165) is 30.5 Å². The van der Waals surface area contributed by atoms with Crippen LogP contribution in [0.1, 0.15) is 24.1 Å². The smallest absolute Gasteiger partial charge is 0.388 e. The third-order valence-corrected chi connectivity index (χ3v) is 5.06. The number of hydrogen-bond acceptors (Lipinski definition) is 4. The second-order valence-corrected chi connectivity index (χ2v) is 7.16. The van der Waals surface area contributed by atoms with Crippen LogP contribution in [0.5, 0.6) is 5.88 Å². The van der Waals surface area contributed by atoms with Gasteiger partial charge in [-0.05, 0) is 24.6 Å². The molecule has 1 fully saturated rings. The molecular weight excluding hydrogens is 463 g/mol. The zero-order valence-electron chi connectivity index (χ0n) is 16.3. The Balaban J connectivity index is 1.96. The number of carbonyl (C=O) groups is 2. The lowest BCUT2D eigenvalue weighted by Crippen LogP contribution is -2.58. The Hall–Kier alpha value is -3.15. The summed E-state index contributed by atoms with van der Waals surface area (Å²) in [7, 11) is 0. The van der Waals surface area contributed by atoms with Crippen LogP contribution in [0.25, 0.3) is 0 Å². The van der Waals surface area contributed by atoms with Crippen LogP contribution >= 0.6 is 11.6 Å². The van der Waals surface area contributed by atoms with E-state index in [2.05, 4.69) is 20.4 Å². The van der Waals surface area contributed by atoms with E-state index in [-0.39, 0.29) is 24.2 Å². The highest BCUT2D eigenvalue weighted by molar-refractivity contribution is 6.31. The Morgan fingerprint density at radius 2 is 2.03 bits per heavy atom. The number of benzene rings is 1. The van der Waals surface area contributed by atoms with E-state index < -0.39 is 52.9 Å². The summed E-state index contributed by atoms with van der Waals surface area (Å²) in [4.78, 5) is 29.4. The lowest BCUT2D eigenvalue weighted by atomic mass is 9.99. The van der Waals surface area contributed by atoms with E-state index in [1.54, 1.807) is 0 Å². The number of aromatic nitrogens is 1. The summed E-state index contributed by atoms with van der Waals surface area (Å²) in [6, 6.07) is 1.02. The van der Waals surface area contributed by atoms with E-state index >= 15 is 0 Å². The standard InChI is InChI=1S/C19H16ClF5N4O3/c1-9-17(30)26-6-7-29(9)18(31)28-16(11-3-4-12(21)14(20)15(11)22)10-2-5-13(27-8-10)32-19(23,24)25/h2-5,8-9,16H,6-7H2,1H3,(H,26,30)(H,28,31)/t9-,16+/m1/s1. The summed E-state index contributed by atoms with van der Waals surface area (Å²) >= 11 is 5.65. The number of ether oxygens (including phenoxy) is 1. The number of urea groups is 1. The first-order valence-corrected chi connectivity index (χ1v) is 9.55. The number of hydrogen-bond donors (Lipinski definition) is 2. The molecule has 0 radical (unpaired) electrons. The molecule has 3 rings (SSSR count). The number of halogens is 6. The maximum absolute atomic E-state index is 14.7. The van der Waals surface area contributed by atoms with Crippen LogP contribution in [0.2, 0.25) is 5.02 Å². The number of nitrogens with zero attached hydrogens (tertiary/aromatic N) is 2. The Morgan fingerprint density at radius 3 is 2.66 bits per heavy atom. The molecule has 1 aliphatic rings. The molecule has 0 aliphatic carbocycles. The van der Waals surface area contributed by atoms with Crippen LogP contribution in [0, 0.1) is 11.6 Å². The maximum atomic E-state index is 14.7. The summed E-state index contributed by atoms with van der Waals surface area (Å²) in [5.74, 6) is -3.37. The van der Waals surface area contributed by atoms with Gasteiger partial charge in [0, 0.05) is 30.9 Å². The minimum absolute atomic E-state index is 0.0589. The molecule has 172 valence electrons. The molecule has 2 aromatic rings. The topological polar surface area (TPSA) is 83.6 Å². The normalized spacial score (nSPS) is 17.5. The van der Waals surface area contributed by atoms with Crippen molar-refractivity contribution in [1.29, 1.82) is 0 Å². The van der Waals surface area contributed by atoms with Crippen LogP contribution in [0.4, 0.5) is 26.7 Å². The van der Waals surface area contributed by atoms with Crippen molar-refractivity contribution in [2.75, 3.05) is 13.1 Å². The Kier molecular flexibility index (Phi) is 6.72. The minimum atomic E-state index is -4.97. The van der Waals surface area contributed by atoms with Crippen molar-refractivity contribution < 1.29 is 36.3 Å². The SMILES string of the molecule is C[C@@H]1C(=O)NCCN1C(=O)N[C@@H](c1ccc(OC(F)(F)F)nc1)c1ccc(F)c(Cl)c1F. The van der Waals surface area contributed by atoms with Crippen LogP contribution in [0.15, 0.2) is 30.5 Å². The highest BCUT2D eigenvalue weighted by Gasteiger charge is 2.33. The second kappa shape index (κ2) is 9.15. The fourth-order valence-electron chi connectivity index (χ4n) is 3.11. The number of pyridine rings is 1. The molecule has 0 spiro atoms. The van der Waals surface area contributed by atoms with Crippen LogP contribution < -0.4 is 15.4 Å². The average molecular weight is 479 g/mol. The van der Waals surface area contributed by atoms with Gasteiger partial charge in [0.1, 0.15) is 22.7 Å². The van der Waals surface area contributed by atoms with Gasteiger partial charge in [0.25, 0.3) is 0 Å². The zero-order valence-corrected chi connectivity index (χ0v) is 17.1. The molecule has 0 bridgehead atoms. The first kappa shape index (κ1) is 23.5. The maximum Gasteiger partial charge on any atom is 0.574 e. The summed E-state index contributed by atoms with van der Waals surface area (Å²) in [5.41, 5.74) is -0.200. The summed E-state index contributed by atoms with van der Waals surface area (Å²) in [6.45, 7) is 1.85. The Labute approximate surface area is 183 Å². The van der Waals surface area contributed by atoms with Crippen molar-refractivity contribution in [3.8, 4) is 5.88 Å². The third-order valence-electron chi connectivity index (χ3n) is 4.72. The summed E-state index contributed by atoms with van der Waals surface area (Å²) < 4.78 is 69.2. The fourth-order valence-corrected chi connectivity index (χ4v) is 3.28. The molecule has 1 saturated heterocycles. The molecule has 1 aromatic heterocycles. The van der Waals surface area contributed by atoms with Crippen molar-refractivity contribution >= 4 is 23.5 Å². The summed E-state index contributed by atoms with van der Waals surface area (Å²) in [5, 5.41) is 4.27.